The molecule has 4 nitrogen and oxygen atoms in total. The molecule has 1 fully saturated rings. The summed E-state index contributed by atoms with van der Waals surface area (Å²) < 4.78 is 0. The second kappa shape index (κ2) is 5.02. The maximum Gasteiger partial charge on any atom is 0.237 e. The molecule has 0 spiro atoms. The number of hydrogen-bond donors (Lipinski definition) is 0. The first-order chi connectivity index (χ1) is 8.27. The van der Waals surface area contributed by atoms with E-state index in [1.165, 1.54) is 11.8 Å². The van der Waals surface area contributed by atoms with Crippen molar-refractivity contribution in [2.45, 2.75) is 6.92 Å². The summed E-state index contributed by atoms with van der Waals surface area (Å²) in [6.07, 6.45) is 3.29. The Labute approximate surface area is 104 Å². The van der Waals surface area contributed by atoms with E-state index in [-0.39, 0.29) is 5.91 Å². The molecule has 86 valence electrons. The molecule has 1 amide bonds. The Morgan fingerprint density at radius 1 is 1.59 bits per heavy atom. The maximum absolute atomic E-state index is 11.6. The van der Waals surface area contributed by atoms with Gasteiger partial charge in [0.25, 0.3) is 0 Å². The number of rotatable bonds is 2. The molecule has 5 heteroatoms. The number of carbonyl (C=O) groups is 1. The third-order valence-electron chi connectivity index (χ3n) is 2.49. The molecule has 1 aliphatic heterocycles. The molecule has 1 saturated heterocycles. The van der Waals surface area contributed by atoms with Crippen LogP contribution in [0.1, 0.15) is 12.5 Å². The van der Waals surface area contributed by atoms with Gasteiger partial charge in [0.15, 0.2) is 0 Å². The zero-order valence-corrected chi connectivity index (χ0v) is 10.2. The Hall–Kier alpha value is -1.80. The highest BCUT2D eigenvalue weighted by atomic mass is 32.2. The van der Waals surface area contributed by atoms with Crippen LogP contribution in [0, 0.1) is 11.3 Å². The molecular formula is C12H11N3OS. The van der Waals surface area contributed by atoms with E-state index in [9.17, 15) is 10.1 Å². The summed E-state index contributed by atoms with van der Waals surface area (Å²) in [6, 6.07) is 5.74. The lowest BCUT2D eigenvalue weighted by molar-refractivity contribution is -0.125. The van der Waals surface area contributed by atoms with Crippen molar-refractivity contribution in [1.82, 2.24) is 9.88 Å². The molecule has 0 radical (unpaired) electrons. The number of nitriles is 1. The monoisotopic (exact) mass is 245 g/mol. The molecule has 1 aromatic heterocycles. The molecule has 0 aliphatic carbocycles. The molecule has 17 heavy (non-hydrogen) atoms. The number of hydrogen-bond acceptors (Lipinski definition) is 4. The van der Waals surface area contributed by atoms with E-state index >= 15 is 0 Å². The van der Waals surface area contributed by atoms with Gasteiger partial charge in [-0.15, -0.1) is 0 Å². The molecule has 1 aromatic rings. The quantitative estimate of drug-likeness (QED) is 0.746. The third kappa shape index (κ3) is 2.17. The van der Waals surface area contributed by atoms with Crippen LogP contribution in [-0.2, 0) is 4.79 Å². The molecular weight excluding hydrogens is 234 g/mol. The van der Waals surface area contributed by atoms with Crippen molar-refractivity contribution in [3.63, 3.8) is 0 Å². The van der Waals surface area contributed by atoms with Gasteiger partial charge in [-0.2, -0.15) is 5.26 Å². The highest BCUT2D eigenvalue weighted by molar-refractivity contribution is 8.04. The highest BCUT2D eigenvalue weighted by Gasteiger charge is 2.28. The summed E-state index contributed by atoms with van der Waals surface area (Å²) in [6.45, 7) is 2.50. The van der Waals surface area contributed by atoms with Gasteiger partial charge >= 0.3 is 0 Å². The van der Waals surface area contributed by atoms with Gasteiger partial charge in [0.2, 0.25) is 5.91 Å². The number of aromatic nitrogens is 1. The van der Waals surface area contributed by atoms with Gasteiger partial charge in [0.1, 0.15) is 6.07 Å². The van der Waals surface area contributed by atoms with Crippen LogP contribution in [0.2, 0.25) is 0 Å². The van der Waals surface area contributed by atoms with Gasteiger partial charge < -0.3 is 4.90 Å². The van der Waals surface area contributed by atoms with Crippen LogP contribution >= 0.6 is 11.8 Å². The van der Waals surface area contributed by atoms with Gasteiger partial charge in [-0.25, -0.2) is 0 Å². The summed E-state index contributed by atoms with van der Waals surface area (Å²) in [5.74, 6) is 0.480. The molecule has 0 aromatic carbocycles. The molecule has 2 heterocycles. The van der Waals surface area contributed by atoms with Crippen molar-refractivity contribution in [3.8, 4) is 6.07 Å². The number of thioether (sulfide) groups is 1. The first kappa shape index (κ1) is 11.7. The maximum atomic E-state index is 11.6. The second-order valence-electron chi connectivity index (χ2n) is 3.45. The van der Waals surface area contributed by atoms with Crippen LogP contribution in [0.25, 0.3) is 5.57 Å². The molecule has 0 saturated carbocycles. The van der Waals surface area contributed by atoms with Crippen LogP contribution in [0.15, 0.2) is 29.6 Å². The second-order valence-corrected chi connectivity index (χ2v) is 4.42. The zero-order valence-electron chi connectivity index (χ0n) is 9.38. The van der Waals surface area contributed by atoms with E-state index < -0.39 is 0 Å². The summed E-state index contributed by atoms with van der Waals surface area (Å²) in [7, 11) is 0. The molecule has 2 rings (SSSR count). The van der Waals surface area contributed by atoms with E-state index in [0.29, 0.717) is 17.9 Å². The summed E-state index contributed by atoms with van der Waals surface area (Å²) in [5, 5.41) is 10.0. The lowest BCUT2D eigenvalue weighted by atomic mass is 10.1. The van der Waals surface area contributed by atoms with Crippen molar-refractivity contribution in [2.24, 2.45) is 0 Å². The third-order valence-corrected chi connectivity index (χ3v) is 3.58. The number of amides is 1. The lowest BCUT2D eigenvalue weighted by Crippen LogP contribution is -2.24. The van der Waals surface area contributed by atoms with Crippen molar-refractivity contribution in [3.05, 3.63) is 35.1 Å². The average Bonchev–Trinajstić information content (AvgIpc) is 2.73. The predicted octanol–water partition coefficient (Wildman–Crippen LogP) is 1.87. The van der Waals surface area contributed by atoms with E-state index in [4.69, 9.17) is 0 Å². The van der Waals surface area contributed by atoms with Crippen LogP contribution in [0.4, 0.5) is 0 Å². The largest absolute Gasteiger partial charge is 0.305 e. The minimum Gasteiger partial charge on any atom is -0.305 e. The minimum atomic E-state index is 0.0642. The standard InChI is InChI=1S/C12H11N3OS/c1-2-15-11(16)8-17-12(15)10(7-13)9-3-5-14-6-4-9/h3-6H,2,8H2,1H3. The fraction of sp³-hybridized carbons (Fsp3) is 0.250. The first-order valence-electron chi connectivity index (χ1n) is 5.26. The minimum absolute atomic E-state index is 0.0642. The van der Waals surface area contributed by atoms with E-state index in [1.807, 2.05) is 6.92 Å². The normalized spacial score (nSPS) is 18.1. The SMILES string of the molecule is CCN1C(=O)CSC1=C(C#N)c1ccncc1. The van der Waals surface area contributed by atoms with Crippen LogP contribution in [-0.4, -0.2) is 28.1 Å². The van der Waals surface area contributed by atoms with Crippen molar-refractivity contribution in [1.29, 1.82) is 5.26 Å². The predicted molar refractivity (Wildman–Crippen MR) is 66.6 cm³/mol. The Bertz CT molecular complexity index is 504. The number of pyridine rings is 1. The van der Waals surface area contributed by atoms with Crippen LogP contribution in [0.3, 0.4) is 0 Å². The smallest absolute Gasteiger partial charge is 0.237 e. The molecule has 0 bridgehead atoms. The molecule has 0 unspecified atom stereocenters. The van der Waals surface area contributed by atoms with Gasteiger partial charge in [-0.05, 0) is 24.6 Å². The van der Waals surface area contributed by atoms with Gasteiger partial charge in [0.05, 0.1) is 16.4 Å². The van der Waals surface area contributed by atoms with Crippen molar-refractivity contribution >= 4 is 23.2 Å². The van der Waals surface area contributed by atoms with Gasteiger partial charge in [-0.3, -0.25) is 9.78 Å². The Morgan fingerprint density at radius 2 is 2.29 bits per heavy atom. The van der Waals surface area contributed by atoms with E-state index in [2.05, 4.69) is 11.1 Å². The van der Waals surface area contributed by atoms with Crippen molar-refractivity contribution < 1.29 is 4.79 Å². The van der Waals surface area contributed by atoms with E-state index in [1.54, 1.807) is 29.4 Å². The van der Waals surface area contributed by atoms with Crippen LogP contribution < -0.4 is 0 Å². The molecule has 0 N–H and O–H groups in total. The van der Waals surface area contributed by atoms with E-state index in [0.717, 1.165) is 10.6 Å². The molecule has 1 aliphatic rings. The topological polar surface area (TPSA) is 57.0 Å². The van der Waals surface area contributed by atoms with Crippen molar-refractivity contribution in [2.75, 3.05) is 12.3 Å². The number of allylic oxidation sites excluding steroid dienone is 1. The summed E-state index contributed by atoms with van der Waals surface area (Å²) >= 11 is 1.42. The Morgan fingerprint density at radius 3 is 2.88 bits per heavy atom. The summed E-state index contributed by atoms with van der Waals surface area (Å²) in [5.41, 5.74) is 1.35. The highest BCUT2D eigenvalue weighted by Crippen LogP contribution is 2.34. The van der Waals surface area contributed by atoms with Gasteiger partial charge in [-0.1, -0.05) is 11.8 Å². The lowest BCUT2D eigenvalue weighted by Gasteiger charge is -2.15. The average molecular weight is 245 g/mol. The van der Waals surface area contributed by atoms with Gasteiger partial charge in [0, 0.05) is 18.9 Å². The number of nitrogens with zero attached hydrogens (tertiary/aromatic N) is 3. The summed E-state index contributed by atoms with van der Waals surface area (Å²) in [4.78, 5) is 17.2. The van der Waals surface area contributed by atoms with Crippen LogP contribution in [0.5, 0.6) is 0 Å². The Kier molecular flexibility index (Phi) is 3.45. The fourth-order valence-electron chi connectivity index (χ4n) is 1.68. The zero-order chi connectivity index (χ0) is 12.3. The molecule has 0 atom stereocenters. The first-order valence-corrected chi connectivity index (χ1v) is 6.24. The number of carbonyl (C=O) groups excluding carboxylic acids is 1. The Balaban J connectivity index is 2.49. The fourth-order valence-corrected chi connectivity index (χ4v) is 2.79.